The van der Waals surface area contributed by atoms with Crippen molar-refractivity contribution in [1.82, 2.24) is 10.3 Å². The summed E-state index contributed by atoms with van der Waals surface area (Å²) in [6, 6.07) is 8.06. The second-order valence-electron chi connectivity index (χ2n) is 4.27. The third-order valence-corrected chi connectivity index (χ3v) is 3.48. The summed E-state index contributed by atoms with van der Waals surface area (Å²) in [7, 11) is 0. The van der Waals surface area contributed by atoms with Crippen molar-refractivity contribution in [3.8, 4) is 11.5 Å². The Morgan fingerprint density at radius 3 is 2.74 bits per heavy atom. The first-order valence-corrected chi connectivity index (χ1v) is 6.80. The number of rotatable bonds is 4. The van der Waals surface area contributed by atoms with Crippen LogP contribution in [0, 0.1) is 0 Å². The lowest BCUT2D eigenvalue weighted by Crippen LogP contribution is -2.12. The van der Waals surface area contributed by atoms with Gasteiger partial charge in [-0.05, 0) is 51.3 Å². The SMILES string of the molecule is Brc1cc(CNCc2ccncc2)cc2c1OCO2. The first-order valence-electron chi connectivity index (χ1n) is 6.00. The predicted octanol–water partition coefficient (Wildman–Crippen LogP) is 2.86. The fraction of sp³-hybridized carbons (Fsp3) is 0.214. The Labute approximate surface area is 119 Å². The Kier molecular flexibility index (Phi) is 3.66. The lowest BCUT2D eigenvalue weighted by atomic mass is 10.2. The zero-order valence-corrected chi connectivity index (χ0v) is 11.8. The molecule has 0 unspecified atom stereocenters. The number of hydrogen-bond acceptors (Lipinski definition) is 4. The molecule has 1 aromatic heterocycles. The monoisotopic (exact) mass is 320 g/mol. The second-order valence-corrected chi connectivity index (χ2v) is 5.12. The fourth-order valence-electron chi connectivity index (χ4n) is 1.97. The predicted molar refractivity (Wildman–Crippen MR) is 75.0 cm³/mol. The minimum absolute atomic E-state index is 0.293. The zero-order valence-electron chi connectivity index (χ0n) is 10.2. The number of halogens is 1. The average Bonchev–Trinajstić information content (AvgIpc) is 2.89. The van der Waals surface area contributed by atoms with Crippen molar-refractivity contribution in [3.63, 3.8) is 0 Å². The van der Waals surface area contributed by atoms with Crippen LogP contribution in [0.1, 0.15) is 11.1 Å². The topological polar surface area (TPSA) is 43.4 Å². The van der Waals surface area contributed by atoms with Crippen molar-refractivity contribution in [3.05, 3.63) is 52.3 Å². The number of fused-ring (bicyclic) bond motifs is 1. The summed E-state index contributed by atoms with van der Waals surface area (Å²) in [5, 5.41) is 3.39. The molecule has 0 aliphatic carbocycles. The van der Waals surface area contributed by atoms with Gasteiger partial charge in [0.1, 0.15) is 0 Å². The Bertz CT molecular complexity index is 575. The molecule has 0 spiro atoms. The number of aromatic nitrogens is 1. The van der Waals surface area contributed by atoms with E-state index < -0.39 is 0 Å². The molecule has 1 aliphatic rings. The number of ether oxygens (including phenoxy) is 2. The van der Waals surface area contributed by atoms with Crippen LogP contribution in [0.3, 0.4) is 0 Å². The quantitative estimate of drug-likeness (QED) is 0.940. The average molecular weight is 321 g/mol. The third-order valence-electron chi connectivity index (χ3n) is 2.89. The summed E-state index contributed by atoms with van der Waals surface area (Å²) >= 11 is 3.49. The first kappa shape index (κ1) is 12.4. The van der Waals surface area contributed by atoms with E-state index in [0.717, 1.165) is 34.6 Å². The summed E-state index contributed by atoms with van der Waals surface area (Å²) in [4.78, 5) is 4.00. The summed E-state index contributed by atoms with van der Waals surface area (Å²) in [5.74, 6) is 1.59. The molecule has 0 saturated carbocycles. The number of pyridine rings is 1. The lowest BCUT2D eigenvalue weighted by Gasteiger charge is -2.07. The van der Waals surface area contributed by atoms with Crippen molar-refractivity contribution in [2.45, 2.75) is 13.1 Å². The van der Waals surface area contributed by atoms with E-state index >= 15 is 0 Å². The van der Waals surface area contributed by atoms with Crippen LogP contribution in [0.25, 0.3) is 0 Å². The van der Waals surface area contributed by atoms with E-state index in [1.54, 1.807) is 12.4 Å². The van der Waals surface area contributed by atoms with Gasteiger partial charge in [0, 0.05) is 25.5 Å². The molecule has 0 fully saturated rings. The van der Waals surface area contributed by atoms with Crippen LogP contribution >= 0.6 is 15.9 Å². The minimum Gasteiger partial charge on any atom is -0.454 e. The highest BCUT2D eigenvalue weighted by Gasteiger charge is 2.17. The molecule has 0 saturated heterocycles. The molecule has 19 heavy (non-hydrogen) atoms. The Morgan fingerprint density at radius 1 is 1.11 bits per heavy atom. The van der Waals surface area contributed by atoms with Gasteiger partial charge in [-0.2, -0.15) is 0 Å². The van der Waals surface area contributed by atoms with Gasteiger partial charge in [0.2, 0.25) is 6.79 Å². The van der Waals surface area contributed by atoms with Gasteiger partial charge in [-0.1, -0.05) is 0 Å². The molecule has 4 nitrogen and oxygen atoms in total. The molecule has 2 heterocycles. The van der Waals surface area contributed by atoms with E-state index in [9.17, 15) is 0 Å². The van der Waals surface area contributed by atoms with E-state index in [2.05, 4.69) is 26.2 Å². The number of hydrogen-bond donors (Lipinski definition) is 1. The van der Waals surface area contributed by atoms with Gasteiger partial charge < -0.3 is 14.8 Å². The van der Waals surface area contributed by atoms with Crippen molar-refractivity contribution < 1.29 is 9.47 Å². The van der Waals surface area contributed by atoms with E-state index in [0.29, 0.717) is 6.79 Å². The van der Waals surface area contributed by atoms with Gasteiger partial charge in [-0.3, -0.25) is 4.98 Å². The molecule has 3 rings (SSSR count). The van der Waals surface area contributed by atoms with Crippen LogP contribution < -0.4 is 14.8 Å². The van der Waals surface area contributed by atoms with Crippen LogP contribution in [0.5, 0.6) is 11.5 Å². The summed E-state index contributed by atoms with van der Waals surface area (Å²) in [6.45, 7) is 1.88. The largest absolute Gasteiger partial charge is 0.454 e. The van der Waals surface area contributed by atoms with Gasteiger partial charge in [0.15, 0.2) is 11.5 Å². The molecule has 0 bridgehead atoms. The van der Waals surface area contributed by atoms with Crippen LogP contribution in [-0.4, -0.2) is 11.8 Å². The standard InChI is InChI=1S/C14H13BrN2O2/c15-12-5-11(6-13-14(12)19-9-18-13)8-17-7-10-1-3-16-4-2-10/h1-6,17H,7-9H2. The normalized spacial score (nSPS) is 12.7. The lowest BCUT2D eigenvalue weighted by molar-refractivity contribution is 0.173. The first-order chi connectivity index (χ1) is 9.33. The highest BCUT2D eigenvalue weighted by Crippen LogP contribution is 2.39. The molecular weight excluding hydrogens is 308 g/mol. The highest BCUT2D eigenvalue weighted by atomic mass is 79.9. The maximum Gasteiger partial charge on any atom is 0.231 e. The Morgan fingerprint density at radius 2 is 1.89 bits per heavy atom. The molecule has 1 aromatic carbocycles. The van der Waals surface area contributed by atoms with Gasteiger partial charge in [0.05, 0.1) is 4.47 Å². The van der Waals surface area contributed by atoms with Gasteiger partial charge in [-0.25, -0.2) is 0 Å². The molecule has 2 aromatic rings. The van der Waals surface area contributed by atoms with E-state index in [4.69, 9.17) is 9.47 Å². The molecule has 0 amide bonds. The van der Waals surface area contributed by atoms with Crippen molar-refractivity contribution in [2.24, 2.45) is 0 Å². The second kappa shape index (κ2) is 5.59. The van der Waals surface area contributed by atoms with Gasteiger partial charge in [-0.15, -0.1) is 0 Å². The number of nitrogens with one attached hydrogen (secondary N) is 1. The smallest absolute Gasteiger partial charge is 0.231 e. The van der Waals surface area contributed by atoms with Crippen molar-refractivity contribution in [1.29, 1.82) is 0 Å². The van der Waals surface area contributed by atoms with E-state index in [1.807, 2.05) is 24.3 Å². The van der Waals surface area contributed by atoms with Gasteiger partial charge >= 0.3 is 0 Å². The summed E-state index contributed by atoms with van der Waals surface area (Å²) in [5.41, 5.74) is 2.37. The Balaban J connectivity index is 1.63. The maximum absolute atomic E-state index is 5.40. The van der Waals surface area contributed by atoms with Crippen LogP contribution in [-0.2, 0) is 13.1 Å². The maximum atomic E-state index is 5.40. The van der Waals surface area contributed by atoms with E-state index in [1.165, 1.54) is 5.56 Å². The number of benzene rings is 1. The Hall–Kier alpha value is -1.59. The van der Waals surface area contributed by atoms with Crippen LogP contribution in [0.2, 0.25) is 0 Å². The molecule has 98 valence electrons. The summed E-state index contributed by atoms with van der Waals surface area (Å²) in [6.07, 6.45) is 3.60. The van der Waals surface area contributed by atoms with Crippen LogP contribution in [0.15, 0.2) is 41.1 Å². The summed E-state index contributed by atoms with van der Waals surface area (Å²) < 4.78 is 11.7. The molecular formula is C14H13BrN2O2. The van der Waals surface area contributed by atoms with Crippen molar-refractivity contribution in [2.75, 3.05) is 6.79 Å². The minimum atomic E-state index is 0.293. The zero-order chi connectivity index (χ0) is 13.1. The van der Waals surface area contributed by atoms with E-state index in [-0.39, 0.29) is 0 Å². The highest BCUT2D eigenvalue weighted by molar-refractivity contribution is 9.10. The molecule has 0 atom stereocenters. The van der Waals surface area contributed by atoms with Gasteiger partial charge in [0.25, 0.3) is 0 Å². The molecule has 0 radical (unpaired) electrons. The number of nitrogens with zero attached hydrogens (tertiary/aromatic N) is 1. The van der Waals surface area contributed by atoms with Crippen LogP contribution in [0.4, 0.5) is 0 Å². The molecule has 1 aliphatic heterocycles. The molecule has 1 N–H and O–H groups in total. The van der Waals surface area contributed by atoms with Crippen molar-refractivity contribution >= 4 is 15.9 Å². The fourth-order valence-corrected chi connectivity index (χ4v) is 2.58. The molecule has 5 heteroatoms. The third kappa shape index (κ3) is 2.88.